The van der Waals surface area contributed by atoms with Gasteiger partial charge in [0, 0.05) is 5.92 Å². The highest BCUT2D eigenvalue weighted by Crippen LogP contribution is 2.42. The first-order valence-corrected chi connectivity index (χ1v) is 5.73. The van der Waals surface area contributed by atoms with Crippen LogP contribution < -0.4 is 0 Å². The fourth-order valence-corrected chi connectivity index (χ4v) is 2.78. The van der Waals surface area contributed by atoms with Crippen LogP contribution in [0.4, 0.5) is 0 Å². The zero-order valence-corrected chi connectivity index (χ0v) is 9.47. The SMILES string of the molecule is O=C(O)C1CC1C(=O)c1ccc(Br)s1. The first-order valence-electron chi connectivity index (χ1n) is 4.12. The number of hydrogen-bond acceptors (Lipinski definition) is 3. The van der Waals surface area contributed by atoms with Gasteiger partial charge in [0.2, 0.25) is 0 Å². The maximum absolute atomic E-state index is 11.7. The Balaban J connectivity index is 2.08. The molecule has 2 unspecified atom stereocenters. The summed E-state index contributed by atoms with van der Waals surface area (Å²) in [4.78, 5) is 22.9. The minimum atomic E-state index is -0.862. The van der Waals surface area contributed by atoms with Crippen molar-refractivity contribution in [2.24, 2.45) is 11.8 Å². The van der Waals surface area contributed by atoms with E-state index in [1.807, 2.05) is 0 Å². The van der Waals surface area contributed by atoms with E-state index in [2.05, 4.69) is 15.9 Å². The first-order chi connectivity index (χ1) is 6.59. The van der Waals surface area contributed by atoms with Gasteiger partial charge in [0.1, 0.15) is 0 Å². The number of carbonyl (C=O) groups is 2. The monoisotopic (exact) mass is 274 g/mol. The van der Waals surface area contributed by atoms with Gasteiger partial charge in [-0.2, -0.15) is 0 Å². The molecule has 1 heterocycles. The van der Waals surface area contributed by atoms with Gasteiger partial charge in [-0.05, 0) is 34.5 Å². The van der Waals surface area contributed by atoms with Crippen LogP contribution in [0.5, 0.6) is 0 Å². The Bertz CT molecular complexity index is 399. The van der Waals surface area contributed by atoms with E-state index in [0.717, 1.165) is 3.79 Å². The predicted molar refractivity (Wildman–Crippen MR) is 55.6 cm³/mol. The molecule has 1 aromatic rings. The Hall–Kier alpha value is -0.680. The van der Waals surface area contributed by atoms with Crippen molar-refractivity contribution in [1.29, 1.82) is 0 Å². The summed E-state index contributed by atoms with van der Waals surface area (Å²) in [6.45, 7) is 0. The van der Waals surface area contributed by atoms with Crippen molar-refractivity contribution in [3.05, 3.63) is 20.8 Å². The second-order valence-electron chi connectivity index (χ2n) is 3.25. The summed E-state index contributed by atoms with van der Waals surface area (Å²) >= 11 is 4.62. The summed E-state index contributed by atoms with van der Waals surface area (Å²) in [6, 6.07) is 3.53. The number of thiophene rings is 1. The van der Waals surface area contributed by atoms with Crippen LogP contribution in [0.1, 0.15) is 16.1 Å². The number of Topliss-reactive ketones (excluding diaryl/α,β-unsaturated/α-hetero) is 1. The number of aliphatic carboxylic acids is 1. The normalized spacial score (nSPS) is 24.6. The Kier molecular flexibility index (Phi) is 2.45. The number of carboxylic acids is 1. The van der Waals surface area contributed by atoms with E-state index in [0.29, 0.717) is 11.3 Å². The Labute approximate surface area is 92.9 Å². The number of carboxylic acid groups (broad SMARTS) is 1. The second kappa shape index (κ2) is 3.47. The van der Waals surface area contributed by atoms with Crippen LogP contribution in [-0.2, 0) is 4.79 Å². The molecular formula is C9H7BrO3S. The molecular weight excluding hydrogens is 268 g/mol. The quantitative estimate of drug-likeness (QED) is 0.862. The molecule has 0 bridgehead atoms. The van der Waals surface area contributed by atoms with E-state index in [1.165, 1.54) is 11.3 Å². The summed E-state index contributed by atoms with van der Waals surface area (Å²) < 4.78 is 0.897. The topological polar surface area (TPSA) is 54.4 Å². The van der Waals surface area contributed by atoms with Crippen molar-refractivity contribution in [3.8, 4) is 0 Å². The first kappa shape index (κ1) is 9.86. The lowest BCUT2D eigenvalue weighted by Crippen LogP contribution is -2.06. The smallest absolute Gasteiger partial charge is 0.307 e. The van der Waals surface area contributed by atoms with Gasteiger partial charge in [0.15, 0.2) is 5.78 Å². The third-order valence-electron chi connectivity index (χ3n) is 2.26. The van der Waals surface area contributed by atoms with Crippen molar-refractivity contribution < 1.29 is 14.7 Å². The zero-order chi connectivity index (χ0) is 10.3. The van der Waals surface area contributed by atoms with Gasteiger partial charge in [-0.15, -0.1) is 11.3 Å². The van der Waals surface area contributed by atoms with Crippen LogP contribution >= 0.6 is 27.3 Å². The van der Waals surface area contributed by atoms with Crippen molar-refractivity contribution in [2.45, 2.75) is 6.42 Å². The van der Waals surface area contributed by atoms with Crippen LogP contribution in [0.2, 0.25) is 0 Å². The molecule has 2 atom stereocenters. The molecule has 1 aromatic heterocycles. The Morgan fingerprint density at radius 2 is 2.14 bits per heavy atom. The standard InChI is InChI=1S/C9H7BrO3S/c10-7-2-1-6(14-7)8(11)4-3-5(4)9(12)13/h1-2,4-5H,3H2,(H,12,13). The van der Waals surface area contributed by atoms with Crippen LogP contribution in [0, 0.1) is 11.8 Å². The van der Waals surface area contributed by atoms with E-state index in [-0.39, 0.29) is 11.7 Å². The average molecular weight is 275 g/mol. The molecule has 1 aliphatic rings. The second-order valence-corrected chi connectivity index (χ2v) is 5.72. The molecule has 0 radical (unpaired) electrons. The molecule has 0 saturated heterocycles. The Morgan fingerprint density at radius 3 is 2.57 bits per heavy atom. The van der Waals surface area contributed by atoms with Gasteiger partial charge in [-0.25, -0.2) is 0 Å². The molecule has 1 saturated carbocycles. The fourth-order valence-electron chi connectivity index (χ4n) is 1.39. The fraction of sp³-hybridized carbons (Fsp3) is 0.333. The van der Waals surface area contributed by atoms with Crippen molar-refractivity contribution >= 4 is 39.0 Å². The average Bonchev–Trinajstić information content (AvgIpc) is 2.82. The van der Waals surface area contributed by atoms with Crippen LogP contribution in [0.25, 0.3) is 0 Å². The van der Waals surface area contributed by atoms with E-state index in [4.69, 9.17) is 5.11 Å². The molecule has 3 nitrogen and oxygen atoms in total. The number of carbonyl (C=O) groups excluding carboxylic acids is 1. The number of rotatable bonds is 3. The maximum atomic E-state index is 11.7. The summed E-state index contributed by atoms with van der Waals surface area (Å²) in [5.74, 6) is -1.64. The summed E-state index contributed by atoms with van der Waals surface area (Å²) in [5, 5.41) is 8.67. The molecule has 0 amide bonds. The van der Waals surface area contributed by atoms with Gasteiger partial charge >= 0.3 is 5.97 Å². The molecule has 1 N–H and O–H groups in total. The lowest BCUT2D eigenvalue weighted by atomic mass is 10.2. The molecule has 2 rings (SSSR count). The lowest BCUT2D eigenvalue weighted by Gasteiger charge is -1.92. The van der Waals surface area contributed by atoms with Crippen LogP contribution in [-0.4, -0.2) is 16.9 Å². The predicted octanol–water partition coefficient (Wildman–Crippen LogP) is 2.41. The molecule has 0 aromatic carbocycles. The van der Waals surface area contributed by atoms with Crippen molar-refractivity contribution in [2.75, 3.05) is 0 Å². The molecule has 1 aliphatic carbocycles. The molecule has 5 heteroatoms. The third kappa shape index (κ3) is 1.74. The van der Waals surface area contributed by atoms with E-state index < -0.39 is 11.9 Å². The maximum Gasteiger partial charge on any atom is 0.307 e. The highest BCUT2D eigenvalue weighted by molar-refractivity contribution is 9.11. The lowest BCUT2D eigenvalue weighted by molar-refractivity contribution is -0.138. The van der Waals surface area contributed by atoms with Gasteiger partial charge in [-0.1, -0.05) is 0 Å². The zero-order valence-electron chi connectivity index (χ0n) is 7.07. The van der Waals surface area contributed by atoms with Gasteiger partial charge in [0.05, 0.1) is 14.6 Å². The molecule has 14 heavy (non-hydrogen) atoms. The van der Waals surface area contributed by atoms with Gasteiger partial charge in [0.25, 0.3) is 0 Å². The van der Waals surface area contributed by atoms with Crippen LogP contribution in [0.3, 0.4) is 0 Å². The van der Waals surface area contributed by atoms with E-state index >= 15 is 0 Å². The Morgan fingerprint density at radius 1 is 1.43 bits per heavy atom. The number of hydrogen-bond donors (Lipinski definition) is 1. The van der Waals surface area contributed by atoms with E-state index in [9.17, 15) is 9.59 Å². The van der Waals surface area contributed by atoms with E-state index in [1.54, 1.807) is 12.1 Å². The van der Waals surface area contributed by atoms with Crippen LogP contribution in [0.15, 0.2) is 15.9 Å². The highest BCUT2D eigenvalue weighted by Gasteiger charge is 2.48. The van der Waals surface area contributed by atoms with Gasteiger partial charge < -0.3 is 5.11 Å². The largest absolute Gasteiger partial charge is 0.481 e. The molecule has 74 valence electrons. The summed E-state index contributed by atoms with van der Waals surface area (Å²) in [7, 11) is 0. The minimum absolute atomic E-state index is 0.0342. The molecule has 0 aliphatic heterocycles. The third-order valence-corrected chi connectivity index (χ3v) is 3.90. The minimum Gasteiger partial charge on any atom is -0.481 e. The van der Waals surface area contributed by atoms with Crippen molar-refractivity contribution in [1.82, 2.24) is 0 Å². The summed E-state index contributed by atoms with van der Waals surface area (Å²) in [5.41, 5.74) is 0. The molecule has 1 fully saturated rings. The molecule has 0 spiro atoms. The number of ketones is 1. The highest BCUT2D eigenvalue weighted by atomic mass is 79.9. The summed E-state index contributed by atoms with van der Waals surface area (Å²) in [6.07, 6.45) is 0.490. The van der Waals surface area contributed by atoms with Gasteiger partial charge in [-0.3, -0.25) is 9.59 Å². The number of halogens is 1. The van der Waals surface area contributed by atoms with Crippen molar-refractivity contribution in [3.63, 3.8) is 0 Å².